The van der Waals surface area contributed by atoms with Crippen LogP contribution in [0.5, 0.6) is 0 Å². The summed E-state index contributed by atoms with van der Waals surface area (Å²) >= 11 is 0. The molecule has 0 saturated carbocycles. The number of aliphatic carboxylic acids is 1. The van der Waals surface area contributed by atoms with Crippen molar-refractivity contribution in [2.45, 2.75) is 52.0 Å². The molecule has 3 N–H and O–H groups in total. The molecule has 26 heavy (non-hydrogen) atoms. The van der Waals surface area contributed by atoms with Crippen LogP contribution >= 0.6 is 0 Å². The van der Waals surface area contributed by atoms with E-state index in [1.807, 2.05) is 17.9 Å². The first-order valence-electron chi connectivity index (χ1n) is 8.89. The van der Waals surface area contributed by atoms with Gasteiger partial charge in [-0.1, -0.05) is 12.1 Å². The summed E-state index contributed by atoms with van der Waals surface area (Å²) in [5.41, 5.74) is 1.11. The van der Waals surface area contributed by atoms with Gasteiger partial charge in [0.25, 0.3) is 5.91 Å². The van der Waals surface area contributed by atoms with Crippen LogP contribution in [0.1, 0.15) is 55.5 Å². The van der Waals surface area contributed by atoms with Crippen molar-refractivity contribution in [3.05, 3.63) is 29.3 Å². The molecule has 0 unspecified atom stereocenters. The van der Waals surface area contributed by atoms with Crippen molar-refractivity contribution in [1.82, 2.24) is 10.2 Å². The molecule has 0 spiro atoms. The highest BCUT2D eigenvalue weighted by Gasteiger charge is 2.26. The lowest BCUT2D eigenvalue weighted by Gasteiger charge is -2.26. The second-order valence-electron chi connectivity index (χ2n) is 7.35. The highest BCUT2D eigenvalue weighted by atomic mass is 16.4. The molecular formula is C19H27N3O4. The number of carbonyl (C=O) groups excluding carboxylic acids is 2. The maximum absolute atomic E-state index is 12.8. The van der Waals surface area contributed by atoms with E-state index < -0.39 is 17.5 Å². The monoisotopic (exact) mass is 361 g/mol. The summed E-state index contributed by atoms with van der Waals surface area (Å²) in [6.07, 6.45) is 2.27. The summed E-state index contributed by atoms with van der Waals surface area (Å²) in [7, 11) is 0. The lowest BCUT2D eigenvalue weighted by atomic mass is 9.99. The van der Waals surface area contributed by atoms with Gasteiger partial charge >= 0.3 is 12.0 Å². The van der Waals surface area contributed by atoms with Gasteiger partial charge in [0.1, 0.15) is 0 Å². The SMILES string of the molecule is Cc1cccc(NC(=O)NC(C)(C)CCC(=O)O)c1C(=O)N1CCCC1. The molecular weight excluding hydrogens is 334 g/mol. The Hall–Kier alpha value is -2.57. The number of likely N-dealkylation sites (tertiary alicyclic amines) is 1. The molecule has 0 radical (unpaired) electrons. The normalized spacial score (nSPS) is 14.2. The van der Waals surface area contributed by atoms with Crippen LogP contribution in [0.4, 0.5) is 10.5 Å². The van der Waals surface area contributed by atoms with Crippen LogP contribution in [0.25, 0.3) is 0 Å². The molecule has 1 fully saturated rings. The number of nitrogens with one attached hydrogen (secondary N) is 2. The number of hydrogen-bond donors (Lipinski definition) is 3. The van der Waals surface area contributed by atoms with E-state index in [9.17, 15) is 14.4 Å². The van der Waals surface area contributed by atoms with E-state index in [0.717, 1.165) is 31.5 Å². The van der Waals surface area contributed by atoms with Gasteiger partial charge in [-0.15, -0.1) is 0 Å². The van der Waals surface area contributed by atoms with Crippen molar-refractivity contribution in [2.75, 3.05) is 18.4 Å². The average molecular weight is 361 g/mol. The molecule has 2 rings (SSSR count). The van der Waals surface area contributed by atoms with Crippen LogP contribution in [0, 0.1) is 6.92 Å². The van der Waals surface area contributed by atoms with Crippen LogP contribution in [0.15, 0.2) is 18.2 Å². The first-order chi connectivity index (χ1) is 12.2. The van der Waals surface area contributed by atoms with Gasteiger partial charge in [-0.25, -0.2) is 4.79 Å². The first-order valence-corrected chi connectivity index (χ1v) is 8.89. The zero-order chi connectivity index (χ0) is 19.3. The molecule has 7 nitrogen and oxygen atoms in total. The van der Waals surface area contributed by atoms with Crippen LogP contribution in [-0.4, -0.2) is 46.5 Å². The first kappa shape index (κ1) is 19.8. The lowest BCUT2D eigenvalue weighted by Crippen LogP contribution is -2.46. The van der Waals surface area contributed by atoms with Crippen molar-refractivity contribution >= 4 is 23.6 Å². The second-order valence-corrected chi connectivity index (χ2v) is 7.35. The number of hydrogen-bond acceptors (Lipinski definition) is 3. The van der Waals surface area contributed by atoms with Gasteiger partial charge in [-0.05, 0) is 51.7 Å². The van der Waals surface area contributed by atoms with E-state index in [-0.39, 0.29) is 12.3 Å². The Morgan fingerprint density at radius 3 is 2.46 bits per heavy atom. The number of carbonyl (C=O) groups is 3. The minimum absolute atomic E-state index is 0.0313. The summed E-state index contributed by atoms with van der Waals surface area (Å²) in [5, 5.41) is 14.3. The molecule has 3 amide bonds. The van der Waals surface area contributed by atoms with E-state index in [4.69, 9.17) is 5.11 Å². The molecule has 1 saturated heterocycles. The summed E-state index contributed by atoms with van der Waals surface area (Å²) in [5.74, 6) is -0.974. The van der Waals surface area contributed by atoms with Gasteiger partial charge < -0.3 is 20.6 Å². The minimum Gasteiger partial charge on any atom is -0.481 e. The van der Waals surface area contributed by atoms with Crippen molar-refractivity contribution in [3.8, 4) is 0 Å². The van der Waals surface area contributed by atoms with Gasteiger partial charge in [0, 0.05) is 25.0 Å². The molecule has 1 heterocycles. The molecule has 0 aromatic heterocycles. The number of rotatable bonds is 6. The molecule has 0 atom stereocenters. The van der Waals surface area contributed by atoms with Crippen molar-refractivity contribution in [3.63, 3.8) is 0 Å². The Morgan fingerprint density at radius 2 is 1.85 bits per heavy atom. The Kier molecular flexibility index (Phi) is 6.23. The Balaban J connectivity index is 2.11. The van der Waals surface area contributed by atoms with E-state index in [2.05, 4.69) is 10.6 Å². The fourth-order valence-corrected chi connectivity index (χ4v) is 3.08. The summed E-state index contributed by atoms with van der Waals surface area (Å²) in [6, 6.07) is 4.89. The Bertz CT molecular complexity index is 694. The zero-order valence-corrected chi connectivity index (χ0v) is 15.6. The number of anilines is 1. The Morgan fingerprint density at radius 1 is 1.19 bits per heavy atom. The largest absolute Gasteiger partial charge is 0.481 e. The maximum atomic E-state index is 12.8. The van der Waals surface area contributed by atoms with E-state index in [1.54, 1.807) is 26.0 Å². The van der Waals surface area contributed by atoms with Gasteiger partial charge in [-0.2, -0.15) is 0 Å². The molecule has 1 aliphatic rings. The predicted molar refractivity (Wildman–Crippen MR) is 99.4 cm³/mol. The lowest BCUT2D eigenvalue weighted by molar-refractivity contribution is -0.137. The number of carboxylic acids is 1. The number of amides is 3. The van der Waals surface area contributed by atoms with Crippen LogP contribution in [0.3, 0.4) is 0 Å². The topological polar surface area (TPSA) is 98.7 Å². The van der Waals surface area contributed by atoms with Crippen molar-refractivity contribution in [2.24, 2.45) is 0 Å². The summed E-state index contributed by atoms with van der Waals surface area (Å²) in [4.78, 5) is 37.8. The third kappa shape index (κ3) is 5.21. The van der Waals surface area contributed by atoms with Crippen molar-refractivity contribution in [1.29, 1.82) is 0 Å². The van der Waals surface area contributed by atoms with E-state index >= 15 is 0 Å². The van der Waals surface area contributed by atoms with Gasteiger partial charge in [0.15, 0.2) is 0 Å². The standard InChI is InChI=1S/C19H27N3O4/c1-13-7-6-8-14(16(13)17(25)22-11-4-5-12-22)20-18(26)21-19(2,3)10-9-15(23)24/h6-8H,4-5,9-12H2,1-3H3,(H,23,24)(H2,20,21,26). The van der Waals surface area contributed by atoms with Crippen molar-refractivity contribution < 1.29 is 19.5 Å². The second kappa shape index (κ2) is 8.21. The average Bonchev–Trinajstić information content (AvgIpc) is 3.06. The summed E-state index contributed by atoms with van der Waals surface area (Å²) < 4.78 is 0. The van der Waals surface area contributed by atoms with Gasteiger partial charge in [-0.3, -0.25) is 9.59 Å². The molecule has 1 aromatic carbocycles. The highest BCUT2D eigenvalue weighted by molar-refractivity contribution is 6.04. The molecule has 1 aliphatic heterocycles. The highest BCUT2D eigenvalue weighted by Crippen LogP contribution is 2.24. The number of aryl methyl sites for hydroxylation is 1. The zero-order valence-electron chi connectivity index (χ0n) is 15.6. The Labute approximate surface area is 153 Å². The number of carboxylic acid groups (broad SMARTS) is 1. The number of benzene rings is 1. The quantitative estimate of drug-likeness (QED) is 0.725. The van der Waals surface area contributed by atoms with Gasteiger partial charge in [0.2, 0.25) is 0 Å². The molecule has 7 heteroatoms. The van der Waals surface area contributed by atoms with Crippen LogP contribution < -0.4 is 10.6 Å². The molecule has 142 valence electrons. The fraction of sp³-hybridized carbons (Fsp3) is 0.526. The third-order valence-electron chi connectivity index (χ3n) is 4.54. The maximum Gasteiger partial charge on any atom is 0.319 e. The van der Waals surface area contributed by atoms with Crippen LogP contribution in [-0.2, 0) is 4.79 Å². The smallest absolute Gasteiger partial charge is 0.319 e. The molecule has 0 bridgehead atoms. The molecule has 1 aromatic rings. The summed E-state index contributed by atoms with van der Waals surface area (Å²) in [6.45, 7) is 6.86. The minimum atomic E-state index is -0.905. The number of urea groups is 1. The van der Waals surface area contributed by atoms with E-state index in [0.29, 0.717) is 17.7 Å². The van der Waals surface area contributed by atoms with Gasteiger partial charge in [0.05, 0.1) is 11.3 Å². The third-order valence-corrected chi connectivity index (χ3v) is 4.54. The van der Waals surface area contributed by atoms with E-state index in [1.165, 1.54) is 0 Å². The predicted octanol–water partition coefficient (Wildman–Crippen LogP) is 3.00. The van der Waals surface area contributed by atoms with Crippen LogP contribution in [0.2, 0.25) is 0 Å². The molecule has 0 aliphatic carbocycles. The number of nitrogens with zero attached hydrogens (tertiary/aromatic N) is 1. The fourth-order valence-electron chi connectivity index (χ4n) is 3.08.